The van der Waals surface area contributed by atoms with E-state index in [-0.39, 0.29) is 30.7 Å². The molecule has 0 radical (unpaired) electrons. The molecule has 2 aromatic carbocycles. The topological polar surface area (TPSA) is 99.4 Å². The van der Waals surface area contributed by atoms with Crippen molar-refractivity contribution in [2.45, 2.75) is 58.8 Å². The van der Waals surface area contributed by atoms with Crippen molar-refractivity contribution < 1.29 is 19.1 Å². The van der Waals surface area contributed by atoms with E-state index in [9.17, 15) is 9.59 Å². The summed E-state index contributed by atoms with van der Waals surface area (Å²) in [5, 5.41) is 12.0. The van der Waals surface area contributed by atoms with Crippen LogP contribution in [0.3, 0.4) is 0 Å². The summed E-state index contributed by atoms with van der Waals surface area (Å²) < 4.78 is 12.0. The second-order valence-corrected chi connectivity index (χ2v) is 9.02. The Bertz CT molecular complexity index is 1250. The Morgan fingerprint density at radius 2 is 1.84 bits per heavy atom. The minimum absolute atomic E-state index is 0.0608. The summed E-state index contributed by atoms with van der Waals surface area (Å²) in [4.78, 5) is 27.1. The van der Waals surface area contributed by atoms with Crippen LogP contribution < -0.4 is 0 Å². The van der Waals surface area contributed by atoms with Crippen molar-refractivity contribution in [1.29, 1.82) is 0 Å². The number of esters is 1. The average Bonchev–Trinajstić information content (AvgIpc) is 3.37. The van der Waals surface area contributed by atoms with Gasteiger partial charge in [0.1, 0.15) is 12.3 Å². The monoisotopic (exact) mass is 503 g/mol. The van der Waals surface area contributed by atoms with E-state index in [0.717, 1.165) is 41.5 Å². The standard InChI is InChI=1S/C28H33N5O4/c1-4-6-9-22-16-26(34)25(28(35)37-5-2)18-32(22)17-20-12-14-21(15-13-20)23-10-7-8-11-24(23)27-29-30-31-33(27)19-36-3/h7-8,10-15,18,22H,4-6,9,16-17,19H2,1-3H3. The molecule has 2 heterocycles. The van der Waals surface area contributed by atoms with Gasteiger partial charge in [0.15, 0.2) is 11.6 Å². The van der Waals surface area contributed by atoms with Crippen molar-refractivity contribution in [2.24, 2.45) is 0 Å². The van der Waals surface area contributed by atoms with E-state index in [4.69, 9.17) is 9.47 Å². The van der Waals surface area contributed by atoms with E-state index >= 15 is 0 Å². The predicted molar refractivity (Wildman–Crippen MR) is 139 cm³/mol. The van der Waals surface area contributed by atoms with Gasteiger partial charge in [-0.15, -0.1) is 5.10 Å². The van der Waals surface area contributed by atoms with Crippen molar-refractivity contribution in [3.05, 3.63) is 65.9 Å². The molecule has 3 aromatic rings. The normalized spacial score (nSPS) is 15.5. The molecular formula is C28H33N5O4. The van der Waals surface area contributed by atoms with Crippen molar-refractivity contribution in [3.63, 3.8) is 0 Å². The Hall–Kier alpha value is -3.85. The smallest absolute Gasteiger partial charge is 0.343 e. The Labute approximate surface area is 217 Å². The number of unbranched alkanes of at least 4 members (excludes halogenated alkanes) is 1. The number of benzene rings is 2. The number of nitrogens with zero attached hydrogens (tertiary/aromatic N) is 5. The van der Waals surface area contributed by atoms with Gasteiger partial charge in [-0.05, 0) is 40.5 Å². The van der Waals surface area contributed by atoms with E-state index < -0.39 is 5.97 Å². The second kappa shape index (κ2) is 12.4. The van der Waals surface area contributed by atoms with Gasteiger partial charge in [-0.1, -0.05) is 68.3 Å². The van der Waals surface area contributed by atoms with Gasteiger partial charge in [-0.2, -0.15) is 4.68 Å². The van der Waals surface area contributed by atoms with Gasteiger partial charge in [0.05, 0.1) is 6.61 Å². The van der Waals surface area contributed by atoms with Crippen LogP contribution in [-0.4, -0.2) is 56.6 Å². The van der Waals surface area contributed by atoms with Gasteiger partial charge in [0, 0.05) is 37.9 Å². The van der Waals surface area contributed by atoms with Crippen LogP contribution >= 0.6 is 0 Å². The quantitative estimate of drug-likeness (QED) is 0.281. The molecule has 0 saturated carbocycles. The molecule has 0 bridgehead atoms. The molecule has 37 heavy (non-hydrogen) atoms. The lowest BCUT2D eigenvalue weighted by atomic mass is 9.94. The number of carbonyl (C=O) groups excluding carboxylic acids is 2. The van der Waals surface area contributed by atoms with Crippen LogP contribution in [-0.2, 0) is 32.3 Å². The first-order valence-electron chi connectivity index (χ1n) is 12.7. The van der Waals surface area contributed by atoms with Gasteiger partial charge in [-0.25, -0.2) is 4.79 Å². The van der Waals surface area contributed by atoms with Gasteiger partial charge in [0.25, 0.3) is 0 Å². The summed E-state index contributed by atoms with van der Waals surface area (Å²) in [5.41, 5.74) is 4.17. The number of aromatic nitrogens is 4. The lowest BCUT2D eigenvalue weighted by molar-refractivity contribution is -0.140. The molecule has 0 fully saturated rings. The second-order valence-electron chi connectivity index (χ2n) is 9.02. The minimum atomic E-state index is -0.547. The third-order valence-corrected chi connectivity index (χ3v) is 6.45. The highest BCUT2D eigenvalue weighted by molar-refractivity contribution is 6.17. The molecule has 1 aromatic heterocycles. The van der Waals surface area contributed by atoms with Crippen molar-refractivity contribution in [2.75, 3.05) is 13.7 Å². The van der Waals surface area contributed by atoms with Gasteiger partial charge >= 0.3 is 5.97 Å². The molecule has 0 aliphatic carbocycles. The maximum atomic E-state index is 12.7. The van der Waals surface area contributed by atoms with Crippen LogP contribution in [0.4, 0.5) is 0 Å². The lowest BCUT2D eigenvalue weighted by Crippen LogP contribution is -2.39. The maximum absolute atomic E-state index is 12.7. The van der Waals surface area contributed by atoms with Crippen LogP contribution in [0.1, 0.15) is 45.1 Å². The van der Waals surface area contributed by atoms with Crippen LogP contribution in [0.2, 0.25) is 0 Å². The number of hydrogen-bond donors (Lipinski definition) is 0. The van der Waals surface area contributed by atoms with Crippen LogP contribution in [0.5, 0.6) is 0 Å². The zero-order valence-corrected chi connectivity index (χ0v) is 21.6. The molecule has 1 aliphatic rings. The first kappa shape index (κ1) is 26.2. The summed E-state index contributed by atoms with van der Waals surface area (Å²) >= 11 is 0. The number of Topliss-reactive ketones (excluding diaryl/α,β-unsaturated/α-hetero) is 1. The Morgan fingerprint density at radius 1 is 1.08 bits per heavy atom. The predicted octanol–water partition coefficient (Wildman–Crippen LogP) is 4.39. The number of ether oxygens (including phenoxy) is 2. The fourth-order valence-electron chi connectivity index (χ4n) is 4.58. The Morgan fingerprint density at radius 3 is 2.54 bits per heavy atom. The maximum Gasteiger partial charge on any atom is 0.343 e. The van der Waals surface area contributed by atoms with Crippen LogP contribution in [0.25, 0.3) is 22.5 Å². The molecule has 0 amide bonds. The first-order chi connectivity index (χ1) is 18.0. The molecule has 0 N–H and O–H groups in total. The average molecular weight is 504 g/mol. The molecule has 9 heteroatoms. The minimum Gasteiger partial charge on any atom is -0.462 e. The molecule has 1 atom stereocenters. The van der Waals surface area contributed by atoms with Crippen molar-refractivity contribution in [1.82, 2.24) is 25.1 Å². The molecule has 9 nitrogen and oxygen atoms in total. The molecule has 0 spiro atoms. The fraction of sp³-hybridized carbons (Fsp3) is 0.393. The number of methoxy groups -OCH3 is 1. The molecule has 1 unspecified atom stereocenters. The first-order valence-corrected chi connectivity index (χ1v) is 12.7. The van der Waals surface area contributed by atoms with E-state index in [1.807, 2.05) is 24.3 Å². The largest absolute Gasteiger partial charge is 0.462 e. The lowest BCUT2D eigenvalue weighted by Gasteiger charge is -2.34. The van der Waals surface area contributed by atoms with E-state index in [2.05, 4.69) is 51.6 Å². The third kappa shape index (κ3) is 6.11. The number of carbonyl (C=O) groups is 2. The number of tetrazole rings is 1. The molecule has 1 aliphatic heterocycles. The highest BCUT2D eigenvalue weighted by atomic mass is 16.5. The van der Waals surface area contributed by atoms with Gasteiger partial charge in [0.2, 0.25) is 0 Å². The van der Waals surface area contributed by atoms with Crippen LogP contribution in [0.15, 0.2) is 60.3 Å². The SMILES string of the molecule is CCCCC1CC(=O)C(C(=O)OCC)=CN1Cc1ccc(-c2ccccc2-c2nnnn2COC)cc1. The Balaban J connectivity index is 1.59. The molecule has 4 rings (SSSR count). The highest BCUT2D eigenvalue weighted by Gasteiger charge is 2.31. The fourth-order valence-corrected chi connectivity index (χ4v) is 4.58. The molecular weight excluding hydrogens is 470 g/mol. The summed E-state index contributed by atoms with van der Waals surface area (Å²) in [7, 11) is 1.60. The summed E-state index contributed by atoms with van der Waals surface area (Å²) in [5.74, 6) is -0.0531. The van der Waals surface area contributed by atoms with E-state index in [1.54, 1.807) is 24.9 Å². The van der Waals surface area contributed by atoms with Crippen LogP contribution in [0, 0.1) is 0 Å². The molecule has 194 valence electrons. The van der Waals surface area contributed by atoms with E-state index in [1.165, 1.54) is 0 Å². The zero-order chi connectivity index (χ0) is 26.2. The summed E-state index contributed by atoms with van der Waals surface area (Å²) in [6.07, 6.45) is 5.00. The van der Waals surface area contributed by atoms with Gasteiger partial charge in [-0.3, -0.25) is 4.79 Å². The van der Waals surface area contributed by atoms with Gasteiger partial charge < -0.3 is 14.4 Å². The third-order valence-electron chi connectivity index (χ3n) is 6.45. The number of hydrogen-bond acceptors (Lipinski definition) is 8. The van der Waals surface area contributed by atoms with Crippen molar-refractivity contribution >= 4 is 11.8 Å². The number of ketones is 1. The molecule has 0 saturated heterocycles. The zero-order valence-electron chi connectivity index (χ0n) is 21.6. The number of rotatable bonds is 11. The summed E-state index contributed by atoms with van der Waals surface area (Å²) in [6.45, 7) is 4.97. The van der Waals surface area contributed by atoms with E-state index in [0.29, 0.717) is 18.8 Å². The highest BCUT2D eigenvalue weighted by Crippen LogP contribution is 2.31. The van der Waals surface area contributed by atoms with Crippen molar-refractivity contribution in [3.8, 4) is 22.5 Å². The Kier molecular flexibility index (Phi) is 8.79. The summed E-state index contributed by atoms with van der Waals surface area (Å²) in [6, 6.07) is 16.3.